The number of nitrogens with zero attached hydrogens (tertiary/aromatic N) is 2. The summed E-state index contributed by atoms with van der Waals surface area (Å²) < 4.78 is 0. The molecule has 27 heavy (non-hydrogen) atoms. The Morgan fingerprint density at radius 2 is 1.48 bits per heavy atom. The summed E-state index contributed by atoms with van der Waals surface area (Å²) in [6, 6.07) is 4.78. The largest absolute Gasteiger partial charge is 0.478 e. The number of aromatic nitrogens is 4. The van der Waals surface area contributed by atoms with Gasteiger partial charge in [0.15, 0.2) is 0 Å². The van der Waals surface area contributed by atoms with Crippen LogP contribution >= 0.6 is 0 Å². The molecule has 9 nitrogen and oxygen atoms in total. The normalized spacial score (nSPS) is 10.6. The van der Waals surface area contributed by atoms with E-state index in [4.69, 9.17) is 15.9 Å². The van der Waals surface area contributed by atoms with Crippen molar-refractivity contribution in [1.82, 2.24) is 19.9 Å². The molecule has 0 radical (unpaired) electrons. The minimum absolute atomic E-state index is 0.153. The predicted octanol–water partition coefficient (Wildman–Crippen LogP) is 2.72. The average molecular weight is 367 g/mol. The van der Waals surface area contributed by atoms with Crippen molar-refractivity contribution in [2.45, 2.75) is 13.8 Å². The van der Waals surface area contributed by atoms with E-state index in [0.717, 1.165) is 16.6 Å². The summed E-state index contributed by atoms with van der Waals surface area (Å²) in [4.78, 5) is 35.3. The van der Waals surface area contributed by atoms with E-state index in [1.165, 1.54) is 18.7 Å². The zero-order valence-electron chi connectivity index (χ0n) is 14.6. The van der Waals surface area contributed by atoms with Gasteiger partial charge in [-0.25, -0.2) is 19.6 Å². The molecule has 2 aromatic heterocycles. The number of fused-ring (bicyclic) bond motifs is 2. The maximum atomic E-state index is 10.9. The molecule has 0 atom stereocenters. The van der Waals surface area contributed by atoms with Crippen LogP contribution in [0.2, 0.25) is 0 Å². The number of aromatic amines is 2. The minimum Gasteiger partial charge on any atom is -0.478 e. The van der Waals surface area contributed by atoms with Crippen LogP contribution in [0.15, 0.2) is 30.9 Å². The summed E-state index contributed by atoms with van der Waals surface area (Å²) in [5, 5.41) is 17.8. The molecule has 0 spiro atoms. The van der Waals surface area contributed by atoms with Gasteiger partial charge in [0.1, 0.15) is 0 Å². The Kier molecular flexibility index (Phi) is 4.51. The standard InChI is InChI=1S/C9H9N3O2.C9H8N2O2/c1-4-6(10)2-5(9(13)14)8-7(4)11-3-12-8;1-5-2-3-6(9(12)13)8-7(5)10-4-11-8/h2-3H,10H2,1H3,(H,11,12)(H,13,14);2-4H,1H3,(H,10,11)(H,12,13). The number of hydrogen-bond acceptors (Lipinski definition) is 5. The van der Waals surface area contributed by atoms with Crippen molar-refractivity contribution < 1.29 is 19.8 Å². The Morgan fingerprint density at radius 1 is 0.926 bits per heavy atom. The SMILES string of the molecule is Cc1c(N)cc(C(=O)O)c2[nH]cnc12.Cc1ccc(C(=O)O)c2[nH]cnc12. The topological polar surface area (TPSA) is 158 Å². The third-order valence-corrected chi connectivity index (χ3v) is 4.24. The van der Waals surface area contributed by atoms with Gasteiger partial charge in [-0.3, -0.25) is 0 Å². The van der Waals surface area contributed by atoms with Gasteiger partial charge in [-0.05, 0) is 37.1 Å². The number of anilines is 1. The number of H-pyrrole nitrogens is 2. The van der Waals surface area contributed by atoms with Crippen LogP contribution in [0.4, 0.5) is 5.69 Å². The first kappa shape index (κ1) is 17.9. The van der Waals surface area contributed by atoms with Crippen molar-refractivity contribution >= 4 is 39.7 Å². The molecule has 0 fully saturated rings. The molecule has 6 N–H and O–H groups in total. The number of aromatic carboxylic acids is 2. The highest BCUT2D eigenvalue weighted by Crippen LogP contribution is 2.24. The van der Waals surface area contributed by atoms with E-state index >= 15 is 0 Å². The lowest BCUT2D eigenvalue weighted by molar-refractivity contribution is 0.0688. The van der Waals surface area contributed by atoms with E-state index in [1.54, 1.807) is 12.1 Å². The average Bonchev–Trinajstić information content (AvgIpc) is 3.28. The molecule has 9 heteroatoms. The summed E-state index contributed by atoms with van der Waals surface area (Å²) in [7, 11) is 0. The maximum absolute atomic E-state index is 10.9. The second-order valence-electron chi connectivity index (χ2n) is 5.93. The second kappa shape index (κ2) is 6.79. The van der Waals surface area contributed by atoms with E-state index in [9.17, 15) is 9.59 Å². The molecule has 4 rings (SSSR count). The van der Waals surface area contributed by atoms with Gasteiger partial charge in [-0.15, -0.1) is 0 Å². The molecule has 2 aromatic carbocycles. The number of carboxylic acids is 2. The molecule has 0 aliphatic carbocycles. The highest BCUT2D eigenvalue weighted by Gasteiger charge is 2.14. The molecule has 4 aromatic rings. The lowest BCUT2D eigenvalue weighted by Gasteiger charge is -2.03. The summed E-state index contributed by atoms with van der Waals surface area (Å²) in [6.07, 6.45) is 2.97. The summed E-state index contributed by atoms with van der Waals surface area (Å²) in [6.45, 7) is 3.71. The zero-order valence-corrected chi connectivity index (χ0v) is 14.6. The van der Waals surface area contributed by atoms with Crippen LogP contribution < -0.4 is 5.73 Å². The van der Waals surface area contributed by atoms with Crippen molar-refractivity contribution in [2.75, 3.05) is 5.73 Å². The Hall–Kier alpha value is -3.88. The van der Waals surface area contributed by atoms with Gasteiger partial charge < -0.3 is 25.9 Å². The first-order valence-electron chi connectivity index (χ1n) is 7.92. The highest BCUT2D eigenvalue weighted by molar-refractivity contribution is 6.03. The number of hydrogen-bond donors (Lipinski definition) is 5. The van der Waals surface area contributed by atoms with E-state index < -0.39 is 11.9 Å². The van der Waals surface area contributed by atoms with E-state index in [-0.39, 0.29) is 11.1 Å². The fraction of sp³-hybridized carbons (Fsp3) is 0.111. The van der Waals surface area contributed by atoms with Crippen LogP contribution in [0.1, 0.15) is 31.8 Å². The Morgan fingerprint density at radius 3 is 2.07 bits per heavy atom. The van der Waals surface area contributed by atoms with Gasteiger partial charge in [0.2, 0.25) is 0 Å². The zero-order chi connectivity index (χ0) is 19.7. The van der Waals surface area contributed by atoms with Crippen LogP contribution in [0.25, 0.3) is 22.1 Å². The number of imidazole rings is 2. The fourth-order valence-corrected chi connectivity index (χ4v) is 2.77. The number of aryl methyl sites for hydroxylation is 2. The van der Waals surface area contributed by atoms with E-state index in [0.29, 0.717) is 22.2 Å². The maximum Gasteiger partial charge on any atom is 0.337 e. The van der Waals surface area contributed by atoms with Crippen LogP contribution in [-0.2, 0) is 0 Å². The van der Waals surface area contributed by atoms with Crippen molar-refractivity contribution in [3.05, 3.63) is 53.1 Å². The van der Waals surface area contributed by atoms with Crippen molar-refractivity contribution in [3.8, 4) is 0 Å². The molecule has 0 aliphatic heterocycles. The second-order valence-corrected chi connectivity index (χ2v) is 5.93. The van der Waals surface area contributed by atoms with Gasteiger partial charge in [-0.1, -0.05) is 6.07 Å². The first-order valence-corrected chi connectivity index (χ1v) is 7.92. The van der Waals surface area contributed by atoms with Crippen molar-refractivity contribution in [3.63, 3.8) is 0 Å². The van der Waals surface area contributed by atoms with Gasteiger partial charge in [0.25, 0.3) is 0 Å². The van der Waals surface area contributed by atoms with Crippen LogP contribution in [0.3, 0.4) is 0 Å². The monoisotopic (exact) mass is 367 g/mol. The Labute approximate surface area is 152 Å². The van der Waals surface area contributed by atoms with Crippen molar-refractivity contribution in [1.29, 1.82) is 0 Å². The number of carbonyl (C=O) groups is 2. The highest BCUT2D eigenvalue weighted by atomic mass is 16.4. The molecule has 0 bridgehead atoms. The molecular weight excluding hydrogens is 350 g/mol. The quantitative estimate of drug-likeness (QED) is 0.341. The molecule has 0 unspecified atom stereocenters. The lowest BCUT2D eigenvalue weighted by Crippen LogP contribution is -2.01. The number of nitrogens with one attached hydrogen (secondary N) is 2. The summed E-state index contributed by atoms with van der Waals surface area (Å²) in [5.74, 6) is -1.94. The lowest BCUT2D eigenvalue weighted by atomic mass is 10.1. The fourth-order valence-electron chi connectivity index (χ4n) is 2.77. The van der Waals surface area contributed by atoms with Gasteiger partial charge in [0.05, 0.1) is 45.8 Å². The van der Waals surface area contributed by atoms with E-state index in [2.05, 4.69) is 19.9 Å². The van der Waals surface area contributed by atoms with Crippen LogP contribution in [0, 0.1) is 13.8 Å². The number of nitrogens with two attached hydrogens (primary N) is 1. The summed E-state index contributed by atoms with van der Waals surface area (Å²) >= 11 is 0. The number of rotatable bonds is 2. The minimum atomic E-state index is -1.01. The molecule has 0 saturated carbocycles. The first-order chi connectivity index (χ1) is 12.8. The smallest absolute Gasteiger partial charge is 0.337 e. The Balaban J connectivity index is 0.000000156. The Bertz CT molecular complexity index is 1180. The van der Waals surface area contributed by atoms with Crippen LogP contribution in [0.5, 0.6) is 0 Å². The molecule has 0 saturated heterocycles. The third kappa shape index (κ3) is 3.17. The van der Waals surface area contributed by atoms with Crippen LogP contribution in [-0.4, -0.2) is 42.1 Å². The molecule has 138 valence electrons. The van der Waals surface area contributed by atoms with E-state index in [1.807, 2.05) is 13.8 Å². The van der Waals surface area contributed by atoms with Gasteiger partial charge in [-0.2, -0.15) is 0 Å². The number of nitrogen functional groups attached to an aromatic ring is 1. The third-order valence-electron chi connectivity index (χ3n) is 4.24. The van der Waals surface area contributed by atoms with Gasteiger partial charge in [0, 0.05) is 5.69 Å². The van der Waals surface area contributed by atoms with Gasteiger partial charge >= 0.3 is 11.9 Å². The molecule has 2 heterocycles. The number of benzene rings is 2. The molecule has 0 amide bonds. The van der Waals surface area contributed by atoms with Crippen molar-refractivity contribution in [2.24, 2.45) is 0 Å². The number of carboxylic acid groups (broad SMARTS) is 2. The molecular formula is C18H17N5O4. The molecule has 0 aliphatic rings. The summed E-state index contributed by atoms with van der Waals surface area (Å²) in [5.41, 5.74) is 10.7. The predicted molar refractivity (Wildman–Crippen MR) is 100.0 cm³/mol.